The van der Waals surface area contributed by atoms with Crippen LogP contribution >= 0.6 is 0 Å². The van der Waals surface area contributed by atoms with Crippen molar-refractivity contribution in [2.75, 3.05) is 31.0 Å². The molecule has 24 heavy (non-hydrogen) atoms. The fourth-order valence-corrected chi connectivity index (χ4v) is 2.68. The smallest absolute Gasteiger partial charge is 0.227 e. The molecule has 0 spiro atoms. The molecule has 1 fully saturated rings. The highest BCUT2D eigenvalue weighted by molar-refractivity contribution is 5.92. The zero-order chi connectivity index (χ0) is 16.8. The van der Waals surface area contributed by atoms with Crippen LogP contribution in [0.1, 0.15) is 12.8 Å². The minimum atomic E-state index is 0.0517. The van der Waals surface area contributed by atoms with E-state index in [9.17, 15) is 4.79 Å². The lowest BCUT2D eigenvalue weighted by Crippen LogP contribution is -2.28. The Morgan fingerprint density at radius 1 is 0.958 bits per heavy atom. The zero-order valence-corrected chi connectivity index (χ0v) is 13.7. The van der Waals surface area contributed by atoms with Crippen LogP contribution in [0.2, 0.25) is 0 Å². The standard InChI is InChI=1S/C19H22N2O3/c1-23-18-8-6-16(7-9-18)20-15-2-4-17(5-3-15)21-19(22)14-10-12-24-13-11-14/h2-9,14,20H,10-13H2,1H3,(H,21,22). The minimum absolute atomic E-state index is 0.0517. The topological polar surface area (TPSA) is 59.6 Å². The van der Waals surface area contributed by atoms with E-state index in [1.165, 1.54) is 0 Å². The molecule has 0 bridgehead atoms. The molecule has 2 N–H and O–H groups in total. The molecular weight excluding hydrogens is 304 g/mol. The second kappa shape index (κ2) is 7.84. The number of rotatable bonds is 5. The number of benzene rings is 2. The molecule has 3 rings (SSSR count). The number of nitrogens with one attached hydrogen (secondary N) is 2. The Labute approximate surface area is 142 Å². The number of carbonyl (C=O) groups excluding carboxylic acids is 1. The van der Waals surface area contributed by atoms with Gasteiger partial charge in [0, 0.05) is 36.2 Å². The van der Waals surface area contributed by atoms with Crippen molar-refractivity contribution in [2.24, 2.45) is 5.92 Å². The largest absolute Gasteiger partial charge is 0.497 e. The van der Waals surface area contributed by atoms with Gasteiger partial charge in [-0.25, -0.2) is 0 Å². The molecule has 1 saturated heterocycles. The van der Waals surface area contributed by atoms with Crippen LogP contribution in [-0.2, 0) is 9.53 Å². The molecule has 1 aliphatic heterocycles. The van der Waals surface area contributed by atoms with Crippen molar-refractivity contribution in [1.29, 1.82) is 0 Å². The highest BCUT2D eigenvalue weighted by Gasteiger charge is 2.21. The molecule has 0 saturated carbocycles. The molecule has 5 heteroatoms. The number of hydrogen-bond donors (Lipinski definition) is 2. The van der Waals surface area contributed by atoms with Gasteiger partial charge >= 0.3 is 0 Å². The molecule has 0 radical (unpaired) electrons. The van der Waals surface area contributed by atoms with Gasteiger partial charge in [0.15, 0.2) is 0 Å². The predicted molar refractivity (Wildman–Crippen MR) is 94.9 cm³/mol. The number of methoxy groups -OCH3 is 1. The van der Waals surface area contributed by atoms with Gasteiger partial charge in [0.1, 0.15) is 5.75 Å². The van der Waals surface area contributed by atoms with E-state index in [2.05, 4.69) is 10.6 Å². The lowest BCUT2D eigenvalue weighted by atomic mass is 9.99. The molecular formula is C19H22N2O3. The van der Waals surface area contributed by atoms with Crippen LogP contribution in [0.5, 0.6) is 5.75 Å². The molecule has 2 aromatic rings. The van der Waals surface area contributed by atoms with Gasteiger partial charge in [0.25, 0.3) is 0 Å². The van der Waals surface area contributed by atoms with Gasteiger partial charge < -0.3 is 20.1 Å². The van der Waals surface area contributed by atoms with E-state index in [1.54, 1.807) is 7.11 Å². The summed E-state index contributed by atoms with van der Waals surface area (Å²) in [6, 6.07) is 15.4. The summed E-state index contributed by atoms with van der Waals surface area (Å²) in [6.45, 7) is 1.34. The number of carbonyl (C=O) groups is 1. The van der Waals surface area contributed by atoms with Gasteiger partial charge in [-0.2, -0.15) is 0 Å². The van der Waals surface area contributed by atoms with Crippen molar-refractivity contribution in [3.05, 3.63) is 48.5 Å². The third-order valence-corrected chi connectivity index (χ3v) is 4.12. The Kier molecular flexibility index (Phi) is 5.33. The van der Waals surface area contributed by atoms with Crippen LogP contribution in [-0.4, -0.2) is 26.2 Å². The molecule has 0 aliphatic carbocycles. The van der Waals surface area contributed by atoms with Crippen molar-refractivity contribution < 1.29 is 14.3 Å². The van der Waals surface area contributed by atoms with E-state index in [-0.39, 0.29) is 11.8 Å². The van der Waals surface area contributed by atoms with Gasteiger partial charge in [-0.3, -0.25) is 4.79 Å². The summed E-state index contributed by atoms with van der Waals surface area (Å²) < 4.78 is 10.4. The highest BCUT2D eigenvalue weighted by Crippen LogP contribution is 2.22. The lowest BCUT2D eigenvalue weighted by molar-refractivity contribution is -0.122. The molecule has 126 valence electrons. The Hall–Kier alpha value is -2.53. The van der Waals surface area contributed by atoms with Crippen LogP contribution in [0.3, 0.4) is 0 Å². The number of anilines is 3. The van der Waals surface area contributed by atoms with Crippen LogP contribution in [0.25, 0.3) is 0 Å². The highest BCUT2D eigenvalue weighted by atomic mass is 16.5. The number of hydrogen-bond acceptors (Lipinski definition) is 4. The normalized spacial score (nSPS) is 14.9. The summed E-state index contributed by atoms with van der Waals surface area (Å²) in [6.07, 6.45) is 1.59. The summed E-state index contributed by atoms with van der Waals surface area (Å²) in [7, 11) is 1.65. The monoisotopic (exact) mass is 326 g/mol. The van der Waals surface area contributed by atoms with E-state index in [1.807, 2.05) is 48.5 Å². The summed E-state index contributed by atoms with van der Waals surface area (Å²) in [5, 5.41) is 6.29. The molecule has 1 amide bonds. The SMILES string of the molecule is COc1ccc(Nc2ccc(NC(=O)C3CCOCC3)cc2)cc1. The molecule has 0 aromatic heterocycles. The first-order valence-corrected chi connectivity index (χ1v) is 8.14. The van der Waals surface area contributed by atoms with Crippen molar-refractivity contribution in [2.45, 2.75) is 12.8 Å². The number of ether oxygens (including phenoxy) is 2. The average molecular weight is 326 g/mol. The molecule has 1 aliphatic rings. The quantitative estimate of drug-likeness (QED) is 0.877. The van der Waals surface area contributed by atoms with Crippen LogP contribution < -0.4 is 15.4 Å². The average Bonchev–Trinajstić information content (AvgIpc) is 2.65. The second-order valence-electron chi connectivity index (χ2n) is 5.81. The van der Waals surface area contributed by atoms with E-state index in [0.29, 0.717) is 13.2 Å². The van der Waals surface area contributed by atoms with Gasteiger partial charge in [0.05, 0.1) is 7.11 Å². The maximum Gasteiger partial charge on any atom is 0.227 e. The van der Waals surface area contributed by atoms with Crippen molar-refractivity contribution in [3.8, 4) is 5.75 Å². The fourth-order valence-electron chi connectivity index (χ4n) is 2.68. The fraction of sp³-hybridized carbons (Fsp3) is 0.316. The molecule has 0 atom stereocenters. The third kappa shape index (κ3) is 4.26. The van der Waals surface area contributed by atoms with Crippen molar-refractivity contribution >= 4 is 23.0 Å². The Bertz CT molecular complexity index is 662. The Morgan fingerprint density at radius 3 is 2.08 bits per heavy atom. The van der Waals surface area contributed by atoms with E-state index in [0.717, 1.165) is 35.7 Å². The first-order chi connectivity index (χ1) is 11.7. The Morgan fingerprint density at radius 2 is 1.50 bits per heavy atom. The van der Waals surface area contributed by atoms with Gasteiger partial charge in [-0.05, 0) is 61.4 Å². The number of amides is 1. The molecule has 2 aromatic carbocycles. The first-order valence-electron chi connectivity index (χ1n) is 8.14. The zero-order valence-electron chi connectivity index (χ0n) is 13.7. The van der Waals surface area contributed by atoms with Crippen LogP contribution in [0.15, 0.2) is 48.5 Å². The predicted octanol–water partition coefficient (Wildman–Crippen LogP) is 3.80. The molecule has 0 unspecified atom stereocenters. The second-order valence-corrected chi connectivity index (χ2v) is 5.81. The third-order valence-electron chi connectivity index (χ3n) is 4.12. The summed E-state index contributed by atoms with van der Waals surface area (Å²) >= 11 is 0. The maximum absolute atomic E-state index is 12.2. The summed E-state index contributed by atoms with van der Waals surface area (Å²) in [5.41, 5.74) is 2.76. The van der Waals surface area contributed by atoms with Crippen molar-refractivity contribution in [3.63, 3.8) is 0 Å². The molecule has 5 nitrogen and oxygen atoms in total. The van der Waals surface area contributed by atoms with Crippen LogP contribution in [0, 0.1) is 5.92 Å². The maximum atomic E-state index is 12.2. The van der Waals surface area contributed by atoms with E-state index < -0.39 is 0 Å². The lowest BCUT2D eigenvalue weighted by Gasteiger charge is -2.21. The summed E-state index contributed by atoms with van der Waals surface area (Å²) in [4.78, 5) is 12.2. The molecule has 1 heterocycles. The van der Waals surface area contributed by atoms with E-state index in [4.69, 9.17) is 9.47 Å². The van der Waals surface area contributed by atoms with E-state index >= 15 is 0 Å². The van der Waals surface area contributed by atoms with Gasteiger partial charge in [-0.1, -0.05) is 0 Å². The minimum Gasteiger partial charge on any atom is -0.497 e. The van der Waals surface area contributed by atoms with Crippen molar-refractivity contribution in [1.82, 2.24) is 0 Å². The first kappa shape index (κ1) is 16.3. The van der Waals surface area contributed by atoms with Gasteiger partial charge in [-0.15, -0.1) is 0 Å². The van der Waals surface area contributed by atoms with Crippen LogP contribution in [0.4, 0.5) is 17.1 Å². The Balaban J connectivity index is 1.57. The summed E-state index contributed by atoms with van der Waals surface area (Å²) in [5.74, 6) is 0.955. The van der Waals surface area contributed by atoms with Gasteiger partial charge in [0.2, 0.25) is 5.91 Å².